The molecule has 0 amide bonds. The summed E-state index contributed by atoms with van der Waals surface area (Å²) in [5, 5.41) is 0. The third-order valence-electron chi connectivity index (χ3n) is 4.61. The van der Waals surface area contributed by atoms with Gasteiger partial charge in [-0.1, -0.05) is 78.6 Å². The molecule has 0 aromatic carbocycles. The largest absolute Gasteiger partial charge is 0.466 e. The van der Waals surface area contributed by atoms with Gasteiger partial charge in [-0.3, -0.25) is 9.59 Å². The summed E-state index contributed by atoms with van der Waals surface area (Å²) in [7, 11) is 0. The van der Waals surface area contributed by atoms with Crippen LogP contribution >= 0.6 is 0 Å². The van der Waals surface area contributed by atoms with E-state index < -0.39 is 0 Å². The zero-order valence-corrected chi connectivity index (χ0v) is 16.8. The number of hydrogen-bond donors (Lipinski definition) is 0. The number of ether oxygens (including phenoxy) is 2. The topological polar surface area (TPSA) is 52.6 Å². The quantitative estimate of drug-likeness (QED) is 0.243. The van der Waals surface area contributed by atoms with Crippen LogP contribution in [0.2, 0.25) is 0 Å². The number of rotatable bonds is 17. The molecule has 0 fully saturated rings. The fraction of sp³-hybridized carbons (Fsp3) is 0.905. The van der Waals surface area contributed by atoms with Gasteiger partial charge in [0.2, 0.25) is 0 Å². The maximum Gasteiger partial charge on any atom is 0.306 e. The molecule has 0 spiro atoms. The third-order valence-corrected chi connectivity index (χ3v) is 4.61. The Balaban J connectivity index is 3.36. The fourth-order valence-electron chi connectivity index (χ4n) is 2.53. The predicted molar refractivity (Wildman–Crippen MR) is 102 cm³/mol. The molecule has 0 aliphatic rings. The van der Waals surface area contributed by atoms with E-state index in [-0.39, 0.29) is 24.8 Å². The van der Waals surface area contributed by atoms with Gasteiger partial charge in [0, 0.05) is 0 Å². The van der Waals surface area contributed by atoms with Crippen LogP contribution in [0.15, 0.2) is 0 Å². The van der Waals surface area contributed by atoms with Crippen LogP contribution in [-0.2, 0) is 19.1 Å². The van der Waals surface area contributed by atoms with Crippen LogP contribution in [0.3, 0.4) is 0 Å². The van der Waals surface area contributed by atoms with E-state index >= 15 is 0 Å². The highest BCUT2D eigenvalue weighted by Crippen LogP contribution is 2.10. The van der Waals surface area contributed by atoms with Gasteiger partial charge in [0.05, 0.1) is 26.1 Å². The van der Waals surface area contributed by atoms with Gasteiger partial charge >= 0.3 is 11.9 Å². The fourth-order valence-corrected chi connectivity index (χ4v) is 2.53. The third kappa shape index (κ3) is 17.6. The number of carbonyl (C=O) groups excluding carboxylic acids is 2. The first kappa shape index (κ1) is 23.9. The second-order valence-electron chi connectivity index (χ2n) is 7.07. The molecule has 4 nitrogen and oxygen atoms in total. The molecule has 1 atom stereocenters. The molecule has 25 heavy (non-hydrogen) atoms. The van der Waals surface area contributed by atoms with Crippen molar-refractivity contribution in [3.05, 3.63) is 0 Å². The van der Waals surface area contributed by atoms with Gasteiger partial charge in [0.15, 0.2) is 0 Å². The summed E-state index contributed by atoms with van der Waals surface area (Å²) in [6.07, 6.45) is 13.4. The highest BCUT2D eigenvalue weighted by atomic mass is 16.5. The van der Waals surface area contributed by atoms with Crippen molar-refractivity contribution < 1.29 is 19.1 Å². The van der Waals surface area contributed by atoms with Gasteiger partial charge in [-0.25, -0.2) is 0 Å². The summed E-state index contributed by atoms with van der Waals surface area (Å²) >= 11 is 0. The predicted octanol–water partition coefficient (Wildman–Crippen LogP) is 5.82. The molecule has 148 valence electrons. The van der Waals surface area contributed by atoms with Crippen molar-refractivity contribution >= 4 is 11.9 Å². The van der Waals surface area contributed by atoms with Crippen LogP contribution in [-0.4, -0.2) is 25.2 Å². The molecule has 0 heterocycles. The summed E-state index contributed by atoms with van der Waals surface area (Å²) in [5.41, 5.74) is 0. The molecule has 0 saturated heterocycles. The molecule has 0 aliphatic heterocycles. The van der Waals surface area contributed by atoms with E-state index in [0.717, 1.165) is 25.7 Å². The monoisotopic (exact) mass is 356 g/mol. The Labute approximate surface area is 155 Å². The number of carbonyl (C=O) groups is 2. The first-order valence-electron chi connectivity index (χ1n) is 10.4. The minimum Gasteiger partial charge on any atom is -0.466 e. The molecule has 0 radical (unpaired) electrons. The number of unbranched alkanes of at least 4 members (excludes halogenated alkanes) is 8. The lowest BCUT2D eigenvalue weighted by Crippen LogP contribution is -2.12. The number of esters is 2. The minimum absolute atomic E-state index is 0.122. The van der Waals surface area contributed by atoms with Crippen LogP contribution in [0.4, 0.5) is 0 Å². The molecule has 4 heteroatoms. The minimum atomic E-state index is -0.302. The maximum absolute atomic E-state index is 11.6. The molecule has 0 aromatic heterocycles. The molecular formula is C21H40O4. The highest BCUT2D eigenvalue weighted by molar-refractivity contribution is 5.77. The van der Waals surface area contributed by atoms with Gasteiger partial charge in [-0.15, -0.1) is 0 Å². The van der Waals surface area contributed by atoms with Crippen LogP contribution in [0.25, 0.3) is 0 Å². The van der Waals surface area contributed by atoms with Crippen molar-refractivity contribution in [2.45, 2.75) is 104 Å². The maximum atomic E-state index is 11.6. The molecule has 0 rings (SSSR count). The summed E-state index contributed by atoms with van der Waals surface area (Å²) in [4.78, 5) is 23.1. The lowest BCUT2D eigenvalue weighted by atomic mass is 10.1. The van der Waals surface area contributed by atoms with Crippen molar-refractivity contribution in [3.8, 4) is 0 Å². The van der Waals surface area contributed by atoms with Crippen molar-refractivity contribution in [2.75, 3.05) is 13.2 Å². The molecule has 0 bridgehead atoms. The zero-order valence-electron chi connectivity index (χ0n) is 16.8. The van der Waals surface area contributed by atoms with E-state index in [1.807, 2.05) is 0 Å². The second-order valence-corrected chi connectivity index (χ2v) is 7.07. The SMILES string of the molecule is CCCCCCCCCCCOC(=O)CCC(=O)OCCC(C)CC. The molecule has 1 unspecified atom stereocenters. The second kappa shape index (κ2) is 17.8. The van der Waals surface area contributed by atoms with E-state index in [0.29, 0.717) is 19.1 Å². The van der Waals surface area contributed by atoms with Crippen molar-refractivity contribution in [2.24, 2.45) is 5.92 Å². The summed E-state index contributed by atoms with van der Waals surface area (Å²) in [6, 6.07) is 0. The standard InChI is InChI=1S/C21H40O4/c1-4-6-7-8-9-10-11-12-13-17-24-20(22)14-15-21(23)25-18-16-19(3)5-2/h19H,4-18H2,1-3H3. The van der Waals surface area contributed by atoms with E-state index in [9.17, 15) is 9.59 Å². The van der Waals surface area contributed by atoms with Gasteiger partial charge in [-0.05, 0) is 18.8 Å². The summed E-state index contributed by atoms with van der Waals surface area (Å²) < 4.78 is 10.3. The van der Waals surface area contributed by atoms with Crippen molar-refractivity contribution in [3.63, 3.8) is 0 Å². The Bertz CT molecular complexity index is 328. The summed E-state index contributed by atoms with van der Waals surface area (Å²) in [5.74, 6) is -0.0316. The van der Waals surface area contributed by atoms with Crippen LogP contribution in [0.1, 0.15) is 104 Å². The van der Waals surface area contributed by atoms with Crippen LogP contribution in [0.5, 0.6) is 0 Å². The zero-order chi connectivity index (χ0) is 18.8. The van der Waals surface area contributed by atoms with E-state index in [2.05, 4.69) is 20.8 Å². The normalized spacial score (nSPS) is 12.0. The van der Waals surface area contributed by atoms with Gasteiger partial charge in [0.25, 0.3) is 0 Å². The van der Waals surface area contributed by atoms with Crippen LogP contribution in [0, 0.1) is 5.92 Å². The molecule has 0 saturated carbocycles. The molecule has 0 aromatic rings. The lowest BCUT2D eigenvalue weighted by Gasteiger charge is -2.09. The summed E-state index contributed by atoms with van der Waals surface area (Å²) in [6.45, 7) is 7.41. The first-order chi connectivity index (χ1) is 12.1. The van der Waals surface area contributed by atoms with E-state index in [1.54, 1.807) is 0 Å². The molecule has 0 aliphatic carbocycles. The number of hydrogen-bond acceptors (Lipinski definition) is 4. The van der Waals surface area contributed by atoms with E-state index in [4.69, 9.17) is 9.47 Å². The lowest BCUT2D eigenvalue weighted by molar-refractivity contribution is -0.150. The average Bonchev–Trinajstić information content (AvgIpc) is 2.61. The van der Waals surface area contributed by atoms with Crippen LogP contribution < -0.4 is 0 Å². The molecular weight excluding hydrogens is 316 g/mol. The molecule has 0 N–H and O–H groups in total. The Morgan fingerprint density at radius 2 is 1.20 bits per heavy atom. The Morgan fingerprint density at radius 3 is 1.72 bits per heavy atom. The van der Waals surface area contributed by atoms with Gasteiger partial charge in [-0.2, -0.15) is 0 Å². The smallest absolute Gasteiger partial charge is 0.306 e. The first-order valence-corrected chi connectivity index (χ1v) is 10.4. The van der Waals surface area contributed by atoms with E-state index in [1.165, 1.54) is 44.9 Å². The average molecular weight is 357 g/mol. The Hall–Kier alpha value is -1.06. The van der Waals surface area contributed by atoms with Crippen molar-refractivity contribution in [1.82, 2.24) is 0 Å². The van der Waals surface area contributed by atoms with Crippen molar-refractivity contribution in [1.29, 1.82) is 0 Å². The Morgan fingerprint density at radius 1 is 0.720 bits per heavy atom. The highest BCUT2D eigenvalue weighted by Gasteiger charge is 2.09. The van der Waals surface area contributed by atoms with Gasteiger partial charge < -0.3 is 9.47 Å². The Kier molecular flexibility index (Phi) is 17.0. The van der Waals surface area contributed by atoms with Gasteiger partial charge in [0.1, 0.15) is 0 Å².